The average molecular weight is 387 g/mol. The topological polar surface area (TPSA) is 72.0 Å². The van der Waals surface area contributed by atoms with E-state index in [1.807, 2.05) is 6.20 Å². The molecule has 0 bridgehead atoms. The normalized spacial score (nSPS) is 24.7. The van der Waals surface area contributed by atoms with Crippen LogP contribution in [0.2, 0.25) is 0 Å². The van der Waals surface area contributed by atoms with Gasteiger partial charge in [0.15, 0.2) is 0 Å². The molecule has 7 heteroatoms. The maximum absolute atomic E-state index is 6.20. The van der Waals surface area contributed by atoms with Crippen LogP contribution in [0, 0.1) is 0 Å². The van der Waals surface area contributed by atoms with Gasteiger partial charge in [-0.1, -0.05) is 6.08 Å². The molecule has 27 heavy (non-hydrogen) atoms. The molecule has 0 aromatic carbocycles. The lowest BCUT2D eigenvalue weighted by Crippen LogP contribution is -2.25. The Balaban J connectivity index is 0.00000180. The van der Waals surface area contributed by atoms with Crippen LogP contribution in [-0.4, -0.2) is 52.9 Å². The van der Waals surface area contributed by atoms with Crippen molar-refractivity contribution in [3.05, 3.63) is 35.7 Å². The van der Waals surface area contributed by atoms with E-state index in [4.69, 9.17) is 10.8 Å². The molecule has 1 spiro atoms. The first kappa shape index (κ1) is 18.5. The number of hydrogen-bond acceptors (Lipinski definition) is 5. The highest BCUT2D eigenvalue weighted by Gasteiger charge is 2.42. The standard InChI is InChI=1S/C20H26N6.ClH/c1-25-7-2-14(3-8-25)16-10-15(12-23-19(16)21)17-11-18-20(4-6-22-13-20)5-9-26(18)24-17;/h2,10-12,22H,3-9,13H2,1H3,(H2,21,23);1H/t20-;/m1./s1. The van der Waals surface area contributed by atoms with E-state index in [1.165, 1.54) is 24.1 Å². The number of nitrogens with zero attached hydrogens (tertiary/aromatic N) is 4. The summed E-state index contributed by atoms with van der Waals surface area (Å²) in [4.78, 5) is 6.79. The number of nitrogens with two attached hydrogens (primary N) is 1. The molecule has 0 saturated carbocycles. The minimum atomic E-state index is 0. The van der Waals surface area contributed by atoms with Crippen LogP contribution in [0.3, 0.4) is 0 Å². The molecule has 1 fully saturated rings. The van der Waals surface area contributed by atoms with Crippen molar-refractivity contribution in [1.29, 1.82) is 0 Å². The Kier molecular flexibility index (Phi) is 4.74. The van der Waals surface area contributed by atoms with Crippen molar-refractivity contribution in [2.45, 2.75) is 31.2 Å². The molecule has 0 amide bonds. The van der Waals surface area contributed by atoms with Gasteiger partial charge < -0.3 is 16.0 Å². The predicted molar refractivity (Wildman–Crippen MR) is 111 cm³/mol. The number of rotatable bonds is 2. The first-order chi connectivity index (χ1) is 12.6. The zero-order valence-electron chi connectivity index (χ0n) is 15.7. The fraction of sp³-hybridized carbons (Fsp3) is 0.500. The molecule has 2 aromatic rings. The third kappa shape index (κ3) is 3.06. The van der Waals surface area contributed by atoms with Gasteiger partial charge in [0.05, 0.1) is 5.69 Å². The van der Waals surface area contributed by atoms with Crippen LogP contribution in [0.1, 0.15) is 30.5 Å². The van der Waals surface area contributed by atoms with Crippen molar-refractivity contribution >= 4 is 23.8 Å². The van der Waals surface area contributed by atoms with Crippen LogP contribution in [0.5, 0.6) is 0 Å². The fourth-order valence-electron chi connectivity index (χ4n) is 4.67. The minimum Gasteiger partial charge on any atom is -0.383 e. The Bertz CT molecular complexity index is 881. The highest BCUT2D eigenvalue weighted by atomic mass is 35.5. The Morgan fingerprint density at radius 1 is 1.22 bits per heavy atom. The van der Waals surface area contributed by atoms with E-state index < -0.39 is 0 Å². The second-order valence-electron chi connectivity index (χ2n) is 7.99. The number of nitrogen functional groups attached to an aromatic ring is 1. The summed E-state index contributed by atoms with van der Waals surface area (Å²) in [5.74, 6) is 0.618. The smallest absolute Gasteiger partial charge is 0.130 e. The Morgan fingerprint density at radius 2 is 2.11 bits per heavy atom. The molecule has 3 aliphatic rings. The van der Waals surface area contributed by atoms with Crippen LogP contribution >= 0.6 is 12.4 Å². The van der Waals surface area contributed by atoms with Gasteiger partial charge in [-0.05, 0) is 50.6 Å². The number of likely N-dealkylation sites (N-methyl/N-ethyl adjacent to an activating group) is 1. The zero-order chi connectivity index (χ0) is 17.7. The lowest BCUT2D eigenvalue weighted by Gasteiger charge is -2.22. The molecule has 0 unspecified atom stereocenters. The van der Waals surface area contributed by atoms with E-state index in [-0.39, 0.29) is 17.8 Å². The maximum atomic E-state index is 6.20. The zero-order valence-corrected chi connectivity index (χ0v) is 16.6. The molecule has 0 radical (unpaired) electrons. The van der Waals surface area contributed by atoms with E-state index in [0.717, 1.165) is 56.0 Å². The summed E-state index contributed by atoms with van der Waals surface area (Å²) in [5.41, 5.74) is 12.3. The Labute approximate surface area is 166 Å². The van der Waals surface area contributed by atoms with Crippen LogP contribution < -0.4 is 11.1 Å². The van der Waals surface area contributed by atoms with Crippen LogP contribution in [0.4, 0.5) is 5.82 Å². The summed E-state index contributed by atoms with van der Waals surface area (Å²) in [6.07, 6.45) is 7.57. The van der Waals surface area contributed by atoms with E-state index >= 15 is 0 Å². The van der Waals surface area contributed by atoms with Crippen molar-refractivity contribution in [2.24, 2.45) is 0 Å². The summed E-state index contributed by atoms with van der Waals surface area (Å²) in [5, 5.41) is 8.41. The van der Waals surface area contributed by atoms with Gasteiger partial charge in [-0.25, -0.2) is 4.98 Å². The van der Waals surface area contributed by atoms with Crippen molar-refractivity contribution in [2.75, 3.05) is 39.0 Å². The Morgan fingerprint density at radius 3 is 2.85 bits per heavy atom. The van der Waals surface area contributed by atoms with Crippen molar-refractivity contribution in [3.63, 3.8) is 0 Å². The van der Waals surface area contributed by atoms with E-state index in [9.17, 15) is 0 Å². The van der Waals surface area contributed by atoms with Gasteiger partial charge in [0.25, 0.3) is 0 Å². The molecule has 6 nitrogen and oxygen atoms in total. The van der Waals surface area contributed by atoms with Gasteiger partial charge >= 0.3 is 0 Å². The van der Waals surface area contributed by atoms with Crippen LogP contribution in [0.15, 0.2) is 24.4 Å². The van der Waals surface area contributed by atoms with E-state index in [0.29, 0.717) is 5.82 Å². The number of hydrogen-bond donors (Lipinski definition) is 2. The van der Waals surface area contributed by atoms with Gasteiger partial charge in [-0.2, -0.15) is 5.10 Å². The van der Waals surface area contributed by atoms with Crippen molar-refractivity contribution in [3.8, 4) is 11.3 Å². The molecule has 5 rings (SSSR count). The summed E-state index contributed by atoms with van der Waals surface area (Å²) in [6, 6.07) is 4.46. The van der Waals surface area contributed by atoms with Crippen LogP contribution in [0.25, 0.3) is 16.8 Å². The predicted octanol–water partition coefficient (Wildman–Crippen LogP) is 2.30. The highest BCUT2D eigenvalue weighted by molar-refractivity contribution is 5.85. The molecule has 3 N–H and O–H groups in total. The number of nitrogens with one attached hydrogen (secondary N) is 1. The molecule has 144 valence electrons. The molecule has 1 saturated heterocycles. The molecule has 1 atom stereocenters. The molecule has 5 heterocycles. The molecule has 0 aliphatic carbocycles. The largest absolute Gasteiger partial charge is 0.383 e. The summed E-state index contributed by atoms with van der Waals surface area (Å²) in [7, 11) is 2.14. The summed E-state index contributed by atoms with van der Waals surface area (Å²) in [6.45, 7) is 5.22. The van der Waals surface area contributed by atoms with Crippen molar-refractivity contribution < 1.29 is 0 Å². The van der Waals surface area contributed by atoms with Gasteiger partial charge in [0.2, 0.25) is 0 Å². The monoisotopic (exact) mass is 386 g/mol. The molecule has 3 aliphatic heterocycles. The Hall–Kier alpha value is -1.89. The summed E-state index contributed by atoms with van der Waals surface area (Å²) >= 11 is 0. The van der Waals surface area contributed by atoms with E-state index in [2.05, 4.69) is 45.1 Å². The number of fused-ring (bicyclic) bond motifs is 2. The van der Waals surface area contributed by atoms with Gasteiger partial charge in [0, 0.05) is 54.6 Å². The van der Waals surface area contributed by atoms with Crippen LogP contribution in [-0.2, 0) is 12.0 Å². The second kappa shape index (κ2) is 6.93. The van der Waals surface area contributed by atoms with Gasteiger partial charge in [-0.3, -0.25) is 4.68 Å². The number of pyridine rings is 1. The lowest BCUT2D eigenvalue weighted by molar-refractivity contribution is 0.370. The highest BCUT2D eigenvalue weighted by Crippen LogP contribution is 2.41. The maximum Gasteiger partial charge on any atom is 0.130 e. The number of aromatic nitrogens is 3. The second-order valence-corrected chi connectivity index (χ2v) is 7.99. The quantitative estimate of drug-likeness (QED) is 0.828. The number of aryl methyl sites for hydroxylation is 1. The average Bonchev–Trinajstić information content (AvgIpc) is 3.36. The number of anilines is 1. The van der Waals surface area contributed by atoms with Gasteiger partial charge in [-0.15, -0.1) is 12.4 Å². The van der Waals surface area contributed by atoms with Gasteiger partial charge in [0.1, 0.15) is 5.82 Å². The SMILES string of the molecule is CN1CC=C(c2cc(-c3cc4n(n3)CC[C@@]43CCNC3)cnc2N)CC1.Cl. The summed E-state index contributed by atoms with van der Waals surface area (Å²) < 4.78 is 2.20. The molecular weight excluding hydrogens is 360 g/mol. The fourth-order valence-corrected chi connectivity index (χ4v) is 4.67. The van der Waals surface area contributed by atoms with Crippen molar-refractivity contribution in [1.82, 2.24) is 25.0 Å². The van der Waals surface area contributed by atoms with E-state index in [1.54, 1.807) is 0 Å². The first-order valence-electron chi connectivity index (χ1n) is 9.58. The third-order valence-electron chi connectivity index (χ3n) is 6.34. The lowest BCUT2D eigenvalue weighted by atomic mass is 9.82. The first-order valence-corrected chi connectivity index (χ1v) is 9.58. The molecule has 2 aromatic heterocycles. The molecular formula is C20H27ClN6. The number of halogens is 1. The minimum absolute atomic E-state index is 0. The third-order valence-corrected chi connectivity index (χ3v) is 6.34.